The zero-order valence-electron chi connectivity index (χ0n) is 15.7. The minimum atomic E-state index is 0.0350. The molecule has 0 bridgehead atoms. The highest BCUT2D eigenvalue weighted by atomic mass is 16.2. The molecular formula is C20H23N7O. The average Bonchev–Trinajstić information content (AvgIpc) is 3.20. The van der Waals surface area contributed by atoms with E-state index in [0.29, 0.717) is 23.8 Å². The van der Waals surface area contributed by atoms with E-state index in [4.69, 9.17) is 0 Å². The maximum atomic E-state index is 13.0. The van der Waals surface area contributed by atoms with Gasteiger partial charge in [-0.1, -0.05) is 0 Å². The van der Waals surface area contributed by atoms with Crippen LogP contribution in [-0.4, -0.2) is 53.2 Å². The highest BCUT2D eigenvalue weighted by Crippen LogP contribution is 2.33. The number of piperidine rings is 1. The number of carbonyl (C=O) groups is 1. The topological polar surface area (TPSA) is 81.7 Å². The van der Waals surface area contributed by atoms with E-state index in [0.717, 1.165) is 37.7 Å². The largest absolute Gasteiger partial charge is 0.338 e. The Balaban J connectivity index is 1.29. The van der Waals surface area contributed by atoms with Gasteiger partial charge in [0.25, 0.3) is 5.91 Å². The molecule has 0 aromatic carbocycles. The van der Waals surface area contributed by atoms with Gasteiger partial charge in [-0.05, 0) is 43.7 Å². The Hall–Kier alpha value is -3.03. The standard InChI is InChI=1S/C20H23N7O/c28-20(16-5-6-18(22-10-16)27-13-23-24-14-27)26-8-1-2-17(12-26)19-21-7-9-25(19)11-15-3-4-15/h5-7,9-10,13-15,17H,1-4,8,11-12H2/t17-/m1/s1. The van der Waals surface area contributed by atoms with Crippen LogP contribution in [0.1, 0.15) is 47.8 Å². The van der Waals surface area contributed by atoms with Gasteiger partial charge in [-0.15, -0.1) is 10.2 Å². The van der Waals surface area contributed by atoms with Crippen molar-refractivity contribution in [2.24, 2.45) is 5.92 Å². The van der Waals surface area contributed by atoms with E-state index in [1.54, 1.807) is 23.4 Å². The minimum absolute atomic E-state index is 0.0350. The number of amides is 1. The molecule has 3 aromatic heterocycles. The molecule has 0 unspecified atom stereocenters. The van der Waals surface area contributed by atoms with Gasteiger partial charge in [0.1, 0.15) is 24.3 Å². The van der Waals surface area contributed by atoms with E-state index in [1.807, 2.05) is 23.2 Å². The van der Waals surface area contributed by atoms with Gasteiger partial charge in [-0.25, -0.2) is 9.97 Å². The van der Waals surface area contributed by atoms with Crippen molar-refractivity contribution in [3.8, 4) is 5.82 Å². The first-order valence-corrected chi connectivity index (χ1v) is 9.89. The Kier molecular flexibility index (Phi) is 4.38. The Morgan fingerprint density at radius 3 is 2.71 bits per heavy atom. The molecule has 8 heteroatoms. The Labute approximate surface area is 163 Å². The summed E-state index contributed by atoms with van der Waals surface area (Å²) in [5.41, 5.74) is 0.610. The molecule has 4 heterocycles. The fourth-order valence-electron chi connectivity index (χ4n) is 3.95. The number of pyridine rings is 1. The van der Waals surface area contributed by atoms with E-state index in [9.17, 15) is 4.79 Å². The molecule has 0 N–H and O–H groups in total. The lowest BCUT2D eigenvalue weighted by Crippen LogP contribution is -2.39. The summed E-state index contributed by atoms with van der Waals surface area (Å²) >= 11 is 0. The molecule has 8 nitrogen and oxygen atoms in total. The van der Waals surface area contributed by atoms with Crippen LogP contribution in [0.4, 0.5) is 0 Å². The zero-order chi connectivity index (χ0) is 18.9. The number of rotatable bonds is 5. The SMILES string of the molecule is O=C(c1ccc(-n2cnnc2)nc1)N1CCC[C@@H](c2nccn2CC2CC2)C1. The van der Waals surface area contributed by atoms with Gasteiger partial charge >= 0.3 is 0 Å². The number of hydrogen-bond acceptors (Lipinski definition) is 5. The summed E-state index contributed by atoms with van der Waals surface area (Å²) in [5.74, 6) is 2.97. The van der Waals surface area contributed by atoms with Crippen molar-refractivity contribution in [3.63, 3.8) is 0 Å². The molecule has 0 spiro atoms. The van der Waals surface area contributed by atoms with Gasteiger partial charge in [0.15, 0.2) is 0 Å². The molecule has 1 aliphatic carbocycles. The third-order valence-electron chi connectivity index (χ3n) is 5.65. The average molecular weight is 377 g/mol. The van der Waals surface area contributed by atoms with E-state index >= 15 is 0 Å². The lowest BCUT2D eigenvalue weighted by Gasteiger charge is -2.32. The quantitative estimate of drug-likeness (QED) is 0.681. The summed E-state index contributed by atoms with van der Waals surface area (Å²) in [6, 6.07) is 3.64. The second-order valence-corrected chi connectivity index (χ2v) is 7.75. The maximum Gasteiger partial charge on any atom is 0.255 e. The lowest BCUT2D eigenvalue weighted by molar-refractivity contribution is 0.0702. The van der Waals surface area contributed by atoms with Crippen LogP contribution in [0.5, 0.6) is 0 Å². The van der Waals surface area contributed by atoms with Crippen LogP contribution in [-0.2, 0) is 6.54 Å². The van der Waals surface area contributed by atoms with E-state index in [1.165, 1.54) is 12.8 Å². The smallest absolute Gasteiger partial charge is 0.255 e. The molecule has 5 rings (SSSR count). The number of carbonyl (C=O) groups excluding carboxylic acids is 1. The van der Waals surface area contributed by atoms with Crippen LogP contribution in [0.2, 0.25) is 0 Å². The van der Waals surface area contributed by atoms with Crippen molar-refractivity contribution >= 4 is 5.91 Å². The number of aromatic nitrogens is 6. The molecule has 144 valence electrons. The molecule has 1 amide bonds. The number of nitrogens with zero attached hydrogens (tertiary/aromatic N) is 7. The first-order chi connectivity index (χ1) is 13.8. The fourth-order valence-corrected chi connectivity index (χ4v) is 3.95. The molecule has 28 heavy (non-hydrogen) atoms. The predicted octanol–water partition coefficient (Wildman–Crippen LogP) is 2.29. The number of imidazole rings is 1. The fraction of sp³-hybridized carbons (Fsp3) is 0.450. The van der Waals surface area contributed by atoms with Crippen molar-refractivity contribution in [2.45, 2.75) is 38.1 Å². The van der Waals surface area contributed by atoms with Crippen LogP contribution < -0.4 is 0 Å². The molecule has 1 atom stereocenters. The van der Waals surface area contributed by atoms with Crippen LogP contribution >= 0.6 is 0 Å². The molecule has 1 saturated heterocycles. The predicted molar refractivity (Wildman–Crippen MR) is 102 cm³/mol. The van der Waals surface area contributed by atoms with Gasteiger partial charge in [0.05, 0.1) is 5.56 Å². The molecular weight excluding hydrogens is 354 g/mol. The summed E-state index contributed by atoms with van der Waals surface area (Å²) in [5, 5.41) is 7.56. The van der Waals surface area contributed by atoms with Crippen molar-refractivity contribution in [1.82, 2.24) is 34.2 Å². The van der Waals surface area contributed by atoms with Crippen molar-refractivity contribution in [2.75, 3.05) is 13.1 Å². The van der Waals surface area contributed by atoms with Crippen LogP contribution in [0.15, 0.2) is 43.4 Å². The Morgan fingerprint density at radius 1 is 1.11 bits per heavy atom. The van der Waals surface area contributed by atoms with Gasteiger partial charge in [-0.3, -0.25) is 9.36 Å². The molecule has 1 aliphatic heterocycles. The third-order valence-corrected chi connectivity index (χ3v) is 5.65. The van der Waals surface area contributed by atoms with E-state index < -0.39 is 0 Å². The summed E-state index contributed by atoms with van der Waals surface area (Å²) in [6.07, 6.45) is 13.5. The first-order valence-electron chi connectivity index (χ1n) is 9.89. The van der Waals surface area contributed by atoms with Crippen LogP contribution in [0, 0.1) is 5.92 Å². The summed E-state index contributed by atoms with van der Waals surface area (Å²) in [4.78, 5) is 24.0. The van der Waals surface area contributed by atoms with Gasteiger partial charge in [0.2, 0.25) is 0 Å². The monoisotopic (exact) mass is 377 g/mol. The zero-order valence-corrected chi connectivity index (χ0v) is 15.7. The Bertz CT molecular complexity index is 943. The van der Waals surface area contributed by atoms with Crippen molar-refractivity contribution < 1.29 is 4.79 Å². The molecule has 0 radical (unpaired) electrons. The summed E-state index contributed by atoms with van der Waals surface area (Å²) in [6.45, 7) is 2.56. The highest BCUT2D eigenvalue weighted by Gasteiger charge is 2.29. The minimum Gasteiger partial charge on any atom is -0.338 e. The second-order valence-electron chi connectivity index (χ2n) is 7.75. The second kappa shape index (κ2) is 7.18. The Morgan fingerprint density at radius 2 is 1.96 bits per heavy atom. The lowest BCUT2D eigenvalue weighted by atomic mass is 9.96. The van der Waals surface area contributed by atoms with E-state index in [-0.39, 0.29) is 5.91 Å². The molecule has 2 fully saturated rings. The summed E-state index contributed by atoms with van der Waals surface area (Å²) in [7, 11) is 0. The highest BCUT2D eigenvalue weighted by molar-refractivity contribution is 5.94. The first kappa shape index (κ1) is 17.1. The molecule has 3 aromatic rings. The number of likely N-dealkylation sites (tertiary alicyclic amines) is 1. The van der Waals surface area contributed by atoms with Gasteiger partial charge in [0, 0.05) is 44.1 Å². The van der Waals surface area contributed by atoms with E-state index in [2.05, 4.69) is 30.9 Å². The van der Waals surface area contributed by atoms with Gasteiger partial charge < -0.3 is 9.47 Å². The maximum absolute atomic E-state index is 13.0. The van der Waals surface area contributed by atoms with Crippen LogP contribution in [0.25, 0.3) is 5.82 Å². The molecule has 1 saturated carbocycles. The summed E-state index contributed by atoms with van der Waals surface area (Å²) < 4.78 is 4.01. The number of hydrogen-bond donors (Lipinski definition) is 0. The van der Waals surface area contributed by atoms with Crippen LogP contribution in [0.3, 0.4) is 0 Å². The van der Waals surface area contributed by atoms with Crippen molar-refractivity contribution in [3.05, 3.63) is 54.8 Å². The molecule has 2 aliphatic rings. The van der Waals surface area contributed by atoms with Crippen molar-refractivity contribution in [1.29, 1.82) is 0 Å². The normalized spacial score (nSPS) is 19.7. The third kappa shape index (κ3) is 3.42. The van der Waals surface area contributed by atoms with Gasteiger partial charge in [-0.2, -0.15) is 0 Å².